The molecule has 66 valence electrons. The van der Waals surface area contributed by atoms with Crippen LogP contribution in [0.4, 0.5) is 0 Å². The number of alkyl halides is 2. The van der Waals surface area contributed by atoms with Crippen LogP contribution in [0, 0.1) is 0 Å². The second-order valence-corrected chi connectivity index (χ2v) is 2.59. The van der Waals surface area contributed by atoms with E-state index in [0.29, 0.717) is 25.7 Å². The zero-order valence-electron chi connectivity index (χ0n) is 6.02. The second-order valence-electron chi connectivity index (χ2n) is 1.66. The van der Waals surface area contributed by atoms with Gasteiger partial charge >= 0.3 is 5.97 Å². The molecule has 0 radical (unpaired) electrons. The molecule has 0 spiro atoms. The largest absolute Gasteiger partial charge is 0.463 e. The van der Waals surface area contributed by atoms with Crippen LogP contribution in [0.25, 0.3) is 0 Å². The summed E-state index contributed by atoms with van der Waals surface area (Å²) in [7, 11) is 0. The summed E-state index contributed by atoms with van der Waals surface area (Å²) < 4.78 is 9.64. The van der Waals surface area contributed by atoms with Crippen LogP contribution in [-0.2, 0) is 14.3 Å². The summed E-state index contributed by atoms with van der Waals surface area (Å²) in [5, 5.41) is 0.225. The van der Waals surface area contributed by atoms with Crippen LogP contribution >= 0.6 is 27.5 Å². The molecule has 0 bridgehead atoms. The molecule has 0 unspecified atom stereocenters. The average molecular weight is 245 g/mol. The van der Waals surface area contributed by atoms with Gasteiger partial charge in [0, 0.05) is 5.88 Å². The van der Waals surface area contributed by atoms with E-state index < -0.39 is 0 Å². The van der Waals surface area contributed by atoms with Crippen LogP contribution in [0.5, 0.6) is 0 Å². The van der Waals surface area contributed by atoms with E-state index in [1.807, 2.05) is 0 Å². The highest BCUT2D eigenvalue weighted by atomic mass is 79.9. The monoisotopic (exact) mass is 244 g/mol. The van der Waals surface area contributed by atoms with Crippen LogP contribution in [0.1, 0.15) is 0 Å². The summed E-state index contributed by atoms with van der Waals surface area (Å²) in [5.74, 6) is 0.186. The Morgan fingerprint density at radius 1 is 1.36 bits per heavy atom. The average Bonchev–Trinajstić information content (AvgIpc) is 2.04. The molecule has 0 saturated carbocycles. The van der Waals surface area contributed by atoms with Gasteiger partial charge in [0.05, 0.1) is 13.2 Å². The molecule has 0 fully saturated rings. The van der Waals surface area contributed by atoms with Crippen molar-refractivity contribution < 1.29 is 14.3 Å². The SMILES string of the molecule is O=C(CBr)OCCOCCCl. The molecule has 11 heavy (non-hydrogen) atoms. The van der Waals surface area contributed by atoms with Crippen molar-refractivity contribution in [3.63, 3.8) is 0 Å². The van der Waals surface area contributed by atoms with Crippen LogP contribution in [0.3, 0.4) is 0 Å². The molecule has 0 aliphatic rings. The lowest BCUT2D eigenvalue weighted by molar-refractivity contribution is -0.141. The van der Waals surface area contributed by atoms with E-state index in [1.165, 1.54) is 0 Å². The summed E-state index contributed by atoms with van der Waals surface area (Å²) in [6.45, 7) is 1.19. The van der Waals surface area contributed by atoms with Crippen molar-refractivity contribution in [3.05, 3.63) is 0 Å². The Morgan fingerprint density at radius 3 is 2.64 bits per heavy atom. The molecule has 0 aliphatic carbocycles. The van der Waals surface area contributed by atoms with Crippen LogP contribution in [-0.4, -0.2) is 37.0 Å². The molecule has 0 aromatic carbocycles. The van der Waals surface area contributed by atoms with Crippen molar-refractivity contribution in [2.24, 2.45) is 0 Å². The van der Waals surface area contributed by atoms with Crippen LogP contribution < -0.4 is 0 Å². The zero-order chi connectivity index (χ0) is 8.53. The number of carbonyl (C=O) groups is 1. The molecular formula is C6H10BrClO3. The molecule has 0 atom stereocenters. The van der Waals surface area contributed by atoms with Crippen LogP contribution in [0.15, 0.2) is 0 Å². The van der Waals surface area contributed by atoms with Crippen molar-refractivity contribution >= 4 is 33.5 Å². The minimum Gasteiger partial charge on any atom is -0.463 e. The van der Waals surface area contributed by atoms with Gasteiger partial charge in [0.1, 0.15) is 11.9 Å². The van der Waals surface area contributed by atoms with Gasteiger partial charge in [-0.25, -0.2) is 0 Å². The molecule has 5 heteroatoms. The Hall–Kier alpha value is 0.200. The molecule has 3 nitrogen and oxygen atoms in total. The number of hydrogen-bond donors (Lipinski definition) is 0. The lowest BCUT2D eigenvalue weighted by Gasteiger charge is -2.02. The predicted molar refractivity (Wildman–Crippen MR) is 46.3 cm³/mol. The number of ether oxygens (including phenoxy) is 2. The third kappa shape index (κ3) is 8.10. The Kier molecular flexibility index (Phi) is 8.45. The third-order valence-electron chi connectivity index (χ3n) is 0.821. The molecule has 0 aromatic heterocycles. The summed E-state index contributed by atoms with van der Waals surface area (Å²) in [6.07, 6.45) is 0. The van der Waals surface area contributed by atoms with Gasteiger partial charge in [-0.3, -0.25) is 4.79 Å². The first-order chi connectivity index (χ1) is 5.31. The number of carbonyl (C=O) groups excluding carboxylic acids is 1. The third-order valence-corrected chi connectivity index (χ3v) is 1.43. The van der Waals surface area contributed by atoms with Gasteiger partial charge in [-0.2, -0.15) is 0 Å². The van der Waals surface area contributed by atoms with Gasteiger partial charge < -0.3 is 9.47 Å². The zero-order valence-corrected chi connectivity index (χ0v) is 8.36. The topological polar surface area (TPSA) is 35.5 Å². The number of rotatable bonds is 6. The van der Waals surface area contributed by atoms with E-state index in [-0.39, 0.29) is 11.3 Å². The molecular weight excluding hydrogens is 235 g/mol. The van der Waals surface area contributed by atoms with Gasteiger partial charge in [0.15, 0.2) is 0 Å². The Morgan fingerprint density at radius 2 is 2.09 bits per heavy atom. The van der Waals surface area contributed by atoms with Crippen molar-refractivity contribution in [2.45, 2.75) is 0 Å². The smallest absolute Gasteiger partial charge is 0.316 e. The minimum atomic E-state index is -0.278. The standard InChI is InChI=1S/C6H10BrClO3/c7-5-6(9)11-4-3-10-2-1-8/h1-5H2. The van der Waals surface area contributed by atoms with E-state index in [2.05, 4.69) is 20.7 Å². The maximum atomic E-state index is 10.5. The van der Waals surface area contributed by atoms with E-state index >= 15 is 0 Å². The molecule has 0 aliphatic heterocycles. The fraction of sp³-hybridized carbons (Fsp3) is 0.833. The quantitative estimate of drug-likeness (QED) is 0.400. The maximum absolute atomic E-state index is 10.5. The van der Waals surface area contributed by atoms with Gasteiger partial charge in [-0.15, -0.1) is 11.6 Å². The number of halogens is 2. The fourth-order valence-corrected chi connectivity index (χ4v) is 0.681. The lowest BCUT2D eigenvalue weighted by Crippen LogP contribution is -2.11. The number of hydrogen-bond acceptors (Lipinski definition) is 3. The van der Waals surface area contributed by atoms with Crippen molar-refractivity contribution in [1.29, 1.82) is 0 Å². The molecule has 0 aromatic rings. The second kappa shape index (κ2) is 8.30. The number of esters is 1. The van der Waals surface area contributed by atoms with Crippen molar-refractivity contribution in [2.75, 3.05) is 31.0 Å². The first-order valence-corrected chi connectivity index (χ1v) is 4.82. The maximum Gasteiger partial charge on any atom is 0.316 e. The van der Waals surface area contributed by atoms with Crippen molar-refractivity contribution in [1.82, 2.24) is 0 Å². The Labute approximate surface area is 79.1 Å². The highest BCUT2D eigenvalue weighted by Crippen LogP contribution is 1.86. The van der Waals surface area contributed by atoms with E-state index in [9.17, 15) is 4.79 Å². The summed E-state index contributed by atoms with van der Waals surface area (Å²) in [5.41, 5.74) is 0. The summed E-state index contributed by atoms with van der Waals surface area (Å²) in [6, 6.07) is 0. The molecule has 0 rings (SSSR count). The van der Waals surface area contributed by atoms with E-state index in [0.717, 1.165) is 0 Å². The Bertz CT molecular complexity index is 110. The normalized spacial score (nSPS) is 9.64. The van der Waals surface area contributed by atoms with Crippen molar-refractivity contribution in [3.8, 4) is 0 Å². The van der Waals surface area contributed by atoms with Crippen LogP contribution in [0.2, 0.25) is 0 Å². The highest BCUT2D eigenvalue weighted by Gasteiger charge is 1.97. The lowest BCUT2D eigenvalue weighted by atomic mass is 10.7. The van der Waals surface area contributed by atoms with Gasteiger partial charge in [-0.05, 0) is 0 Å². The van der Waals surface area contributed by atoms with Gasteiger partial charge in [-0.1, -0.05) is 15.9 Å². The minimum absolute atomic E-state index is 0.225. The first kappa shape index (κ1) is 11.2. The molecule has 0 saturated heterocycles. The first-order valence-electron chi connectivity index (χ1n) is 3.16. The molecule has 0 amide bonds. The molecule has 0 N–H and O–H groups in total. The fourth-order valence-electron chi connectivity index (χ4n) is 0.410. The van der Waals surface area contributed by atoms with Gasteiger partial charge in [0.25, 0.3) is 0 Å². The molecule has 0 heterocycles. The van der Waals surface area contributed by atoms with E-state index in [1.54, 1.807) is 0 Å². The van der Waals surface area contributed by atoms with Gasteiger partial charge in [0.2, 0.25) is 0 Å². The van der Waals surface area contributed by atoms with E-state index in [4.69, 9.17) is 16.3 Å². The Balaban J connectivity index is 2.95. The summed E-state index contributed by atoms with van der Waals surface area (Å²) >= 11 is 8.29. The highest BCUT2D eigenvalue weighted by molar-refractivity contribution is 9.09. The predicted octanol–water partition coefficient (Wildman–Crippen LogP) is 1.18. The summed E-state index contributed by atoms with van der Waals surface area (Å²) in [4.78, 5) is 10.5.